The number of benzene rings is 2. The maximum atomic E-state index is 5.98. The number of fused-ring (bicyclic) bond motifs is 1. The van der Waals surface area contributed by atoms with Crippen LogP contribution < -0.4 is 10.1 Å². The third kappa shape index (κ3) is 4.72. The highest BCUT2D eigenvalue weighted by Gasteiger charge is 2.09. The average molecular weight is 301 g/mol. The van der Waals surface area contributed by atoms with Gasteiger partial charge in [0.2, 0.25) is 0 Å². The van der Waals surface area contributed by atoms with E-state index >= 15 is 0 Å². The Hall–Kier alpha value is -1.58. The molecule has 2 aromatic carbocycles. The van der Waals surface area contributed by atoms with Crippen LogP contribution >= 0.6 is 0 Å². The Morgan fingerprint density at radius 3 is 2.68 bits per heavy atom. The molecule has 1 N–H and O–H groups in total. The Morgan fingerprint density at radius 2 is 1.91 bits per heavy atom. The molecule has 2 rings (SSSR count). The molecule has 0 amide bonds. The Balaban J connectivity index is 2.10. The van der Waals surface area contributed by atoms with Gasteiger partial charge in [0.25, 0.3) is 0 Å². The van der Waals surface area contributed by atoms with Crippen molar-refractivity contribution in [3.63, 3.8) is 0 Å². The first-order valence-corrected chi connectivity index (χ1v) is 8.18. The van der Waals surface area contributed by atoms with E-state index in [9.17, 15) is 0 Å². The van der Waals surface area contributed by atoms with Gasteiger partial charge < -0.3 is 14.8 Å². The molecule has 120 valence electrons. The highest BCUT2D eigenvalue weighted by Crippen LogP contribution is 2.28. The van der Waals surface area contributed by atoms with Crippen molar-refractivity contribution in [3.05, 3.63) is 42.0 Å². The second kappa shape index (κ2) is 8.76. The van der Waals surface area contributed by atoms with Gasteiger partial charge in [-0.05, 0) is 50.6 Å². The molecular weight excluding hydrogens is 274 g/mol. The number of ether oxygens (including phenoxy) is 2. The Morgan fingerprint density at radius 1 is 1.09 bits per heavy atom. The van der Waals surface area contributed by atoms with E-state index in [2.05, 4.69) is 55.6 Å². The fraction of sp³-hybridized carbons (Fsp3) is 0.474. The molecule has 22 heavy (non-hydrogen) atoms. The quantitative estimate of drug-likeness (QED) is 0.706. The van der Waals surface area contributed by atoms with E-state index < -0.39 is 0 Å². The van der Waals surface area contributed by atoms with Gasteiger partial charge in [0.1, 0.15) is 5.75 Å². The van der Waals surface area contributed by atoms with Crippen LogP contribution in [0.3, 0.4) is 0 Å². The minimum Gasteiger partial charge on any atom is -0.491 e. The summed E-state index contributed by atoms with van der Waals surface area (Å²) < 4.78 is 11.4. The molecule has 0 radical (unpaired) electrons. The Bertz CT molecular complexity index is 581. The van der Waals surface area contributed by atoms with Crippen LogP contribution in [0.4, 0.5) is 0 Å². The highest BCUT2D eigenvalue weighted by atomic mass is 16.5. The van der Waals surface area contributed by atoms with Gasteiger partial charge in [-0.1, -0.05) is 30.3 Å². The van der Waals surface area contributed by atoms with Crippen LogP contribution in [-0.2, 0) is 11.3 Å². The van der Waals surface area contributed by atoms with Gasteiger partial charge in [0.05, 0.1) is 6.10 Å². The van der Waals surface area contributed by atoms with Crippen molar-refractivity contribution in [2.75, 3.05) is 19.8 Å². The molecule has 2 aromatic rings. The minimum atomic E-state index is 0.179. The van der Waals surface area contributed by atoms with Crippen molar-refractivity contribution in [3.8, 4) is 5.75 Å². The lowest BCUT2D eigenvalue weighted by Crippen LogP contribution is -2.18. The van der Waals surface area contributed by atoms with E-state index in [-0.39, 0.29) is 6.10 Å². The zero-order valence-electron chi connectivity index (χ0n) is 13.9. The van der Waals surface area contributed by atoms with E-state index in [0.29, 0.717) is 0 Å². The van der Waals surface area contributed by atoms with Gasteiger partial charge in [-0.2, -0.15) is 0 Å². The lowest BCUT2D eigenvalue weighted by Gasteiger charge is -2.17. The first-order valence-electron chi connectivity index (χ1n) is 8.18. The van der Waals surface area contributed by atoms with Crippen LogP contribution in [0.5, 0.6) is 5.75 Å². The molecule has 0 aromatic heterocycles. The van der Waals surface area contributed by atoms with Crippen molar-refractivity contribution in [1.29, 1.82) is 0 Å². The predicted octanol–water partition coefficient (Wildman–Crippen LogP) is 4.14. The Labute approximate surface area is 133 Å². The van der Waals surface area contributed by atoms with Crippen molar-refractivity contribution >= 4 is 10.8 Å². The van der Waals surface area contributed by atoms with Gasteiger partial charge >= 0.3 is 0 Å². The van der Waals surface area contributed by atoms with Gasteiger partial charge in [-0.15, -0.1) is 0 Å². The summed E-state index contributed by atoms with van der Waals surface area (Å²) in [6.07, 6.45) is 1.21. The van der Waals surface area contributed by atoms with E-state index in [1.165, 1.54) is 16.3 Å². The van der Waals surface area contributed by atoms with E-state index in [4.69, 9.17) is 9.47 Å². The van der Waals surface area contributed by atoms with E-state index in [1.807, 2.05) is 6.92 Å². The van der Waals surface area contributed by atoms with E-state index in [1.54, 1.807) is 0 Å². The first kappa shape index (κ1) is 16.8. The number of hydrogen-bond acceptors (Lipinski definition) is 3. The van der Waals surface area contributed by atoms with Gasteiger partial charge in [-0.25, -0.2) is 0 Å². The molecule has 0 saturated carbocycles. The smallest absolute Gasteiger partial charge is 0.124 e. The lowest BCUT2D eigenvalue weighted by atomic mass is 10.0. The maximum absolute atomic E-state index is 5.98. The average Bonchev–Trinajstić information content (AvgIpc) is 2.51. The fourth-order valence-corrected chi connectivity index (χ4v) is 2.52. The standard InChI is InChI=1S/C19H27NO2/c1-4-21-13-7-12-20-14-18-17-9-6-5-8-16(17)10-11-19(18)22-15(2)3/h5-6,8-11,15,20H,4,7,12-14H2,1-3H3. The van der Waals surface area contributed by atoms with Crippen LogP contribution in [0.25, 0.3) is 10.8 Å². The maximum Gasteiger partial charge on any atom is 0.124 e. The van der Waals surface area contributed by atoms with Crippen molar-refractivity contribution in [2.24, 2.45) is 0 Å². The Kier molecular flexibility index (Phi) is 6.69. The SMILES string of the molecule is CCOCCCNCc1c(OC(C)C)ccc2ccccc12. The summed E-state index contributed by atoms with van der Waals surface area (Å²) in [5.74, 6) is 0.978. The normalized spacial score (nSPS) is 11.3. The summed E-state index contributed by atoms with van der Waals surface area (Å²) >= 11 is 0. The lowest BCUT2D eigenvalue weighted by molar-refractivity contribution is 0.144. The molecule has 0 fully saturated rings. The zero-order chi connectivity index (χ0) is 15.8. The second-order valence-electron chi connectivity index (χ2n) is 5.66. The summed E-state index contributed by atoms with van der Waals surface area (Å²) in [6, 6.07) is 12.7. The summed E-state index contributed by atoms with van der Waals surface area (Å²) in [4.78, 5) is 0. The summed E-state index contributed by atoms with van der Waals surface area (Å²) in [7, 11) is 0. The molecular formula is C19H27NO2. The molecule has 0 atom stereocenters. The predicted molar refractivity (Wildman–Crippen MR) is 92.5 cm³/mol. The third-order valence-electron chi connectivity index (χ3n) is 3.51. The van der Waals surface area contributed by atoms with Crippen LogP contribution in [0.1, 0.15) is 32.8 Å². The fourth-order valence-electron chi connectivity index (χ4n) is 2.52. The van der Waals surface area contributed by atoms with Gasteiger partial charge in [0, 0.05) is 25.3 Å². The van der Waals surface area contributed by atoms with Crippen LogP contribution in [0.2, 0.25) is 0 Å². The molecule has 0 saturated heterocycles. The van der Waals surface area contributed by atoms with Crippen LogP contribution in [-0.4, -0.2) is 25.9 Å². The number of rotatable bonds is 9. The molecule has 0 aliphatic heterocycles. The third-order valence-corrected chi connectivity index (χ3v) is 3.51. The molecule has 0 unspecified atom stereocenters. The molecule has 3 heteroatoms. The van der Waals surface area contributed by atoms with Crippen molar-refractivity contribution < 1.29 is 9.47 Å². The largest absolute Gasteiger partial charge is 0.491 e. The van der Waals surface area contributed by atoms with Gasteiger partial charge in [0.15, 0.2) is 0 Å². The van der Waals surface area contributed by atoms with Crippen LogP contribution in [0.15, 0.2) is 36.4 Å². The second-order valence-corrected chi connectivity index (χ2v) is 5.66. The first-order chi connectivity index (χ1) is 10.7. The molecule has 3 nitrogen and oxygen atoms in total. The topological polar surface area (TPSA) is 30.5 Å². The summed E-state index contributed by atoms with van der Waals surface area (Å²) in [6.45, 7) is 9.52. The van der Waals surface area contributed by atoms with Crippen molar-refractivity contribution in [2.45, 2.75) is 39.8 Å². The molecule has 0 spiro atoms. The monoisotopic (exact) mass is 301 g/mol. The van der Waals surface area contributed by atoms with Crippen molar-refractivity contribution in [1.82, 2.24) is 5.32 Å². The molecule has 0 heterocycles. The minimum absolute atomic E-state index is 0.179. The molecule has 0 aliphatic carbocycles. The van der Waals surface area contributed by atoms with E-state index in [0.717, 1.165) is 38.5 Å². The zero-order valence-corrected chi connectivity index (χ0v) is 13.9. The van der Waals surface area contributed by atoms with Gasteiger partial charge in [-0.3, -0.25) is 0 Å². The highest BCUT2D eigenvalue weighted by molar-refractivity contribution is 5.87. The number of nitrogens with one attached hydrogen (secondary N) is 1. The number of hydrogen-bond donors (Lipinski definition) is 1. The van der Waals surface area contributed by atoms with Crippen LogP contribution in [0, 0.1) is 0 Å². The molecule has 0 bridgehead atoms. The molecule has 0 aliphatic rings. The summed E-state index contributed by atoms with van der Waals surface area (Å²) in [5.41, 5.74) is 1.24. The summed E-state index contributed by atoms with van der Waals surface area (Å²) in [5, 5.41) is 6.02.